The van der Waals surface area contributed by atoms with E-state index < -0.39 is 0 Å². The van der Waals surface area contributed by atoms with Gasteiger partial charge in [0.05, 0.1) is 18.7 Å². The Morgan fingerprint density at radius 3 is 2.50 bits per heavy atom. The summed E-state index contributed by atoms with van der Waals surface area (Å²) in [4.78, 5) is 26.7. The average molecular weight is 352 g/mol. The summed E-state index contributed by atoms with van der Waals surface area (Å²) in [7, 11) is 1.56. The molecular formula is C21H24N2O3. The van der Waals surface area contributed by atoms with Crippen LogP contribution in [0.25, 0.3) is 0 Å². The van der Waals surface area contributed by atoms with E-state index in [1.807, 2.05) is 36.4 Å². The molecule has 2 aromatic rings. The zero-order valence-corrected chi connectivity index (χ0v) is 15.4. The van der Waals surface area contributed by atoms with Gasteiger partial charge < -0.3 is 15.0 Å². The van der Waals surface area contributed by atoms with E-state index in [0.29, 0.717) is 23.9 Å². The fourth-order valence-corrected chi connectivity index (χ4v) is 3.15. The second kappa shape index (κ2) is 7.60. The summed E-state index contributed by atoms with van der Waals surface area (Å²) < 4.78 is 5.26. The van der Waals surface area contributed by atoms with Crippen LogP contribution in [0.1, 0.15) is 31.7 Å². The number of nitrogens with zero attached hydrogens (tertiary/aromatic N) is 1. The normalized spacial score (nSPS) is 16.8. The molecule has 2 aromatic carbocycles. The zero-order chi connectivity index (χ0) is 18.7. The Bertz CT molecular complexity index is 799. The van der Waals surface area contributed by atoms with E-state index in [4.69, 9.17) is 4.74 Å². The predicted molar refractivity (Wildman–Crippen MR) is 103 cm³/mol. The summed E-state index contributed by atoms with van der Waals surface area (Å²) >= 11 is 0. The second-order valence-corrected chi connectivity index (χ2v) is 6.84. The minimum absolute atomic E-state index is 0.0255. The van der Waals surface area contributed by atoms with Crippen LogP contribution in [0.5, 0.6) is 5.75 Å². The first-order valence-electron chi connectivity index (χ1n) is 8.83. The van der Waals surface area contributed by atoms with E-state index in [1.54, 1.807) is 24.1 Å². The van der Waals surface area contributed by atoms with E-state index in [2.05, 4.69) is 19.2 Å². The molecule has 1 fully saturated rings. The van der Waals surface area contributed by atoms with Gasteiger partial charge >= 0.3 is 0 Å². The first-order valence-corrected chi connectivity index (χ1v) is 8.83. The maximum Gasteiger partial charge on any atom is 0.229 e. The SMILES string of the molecule is COc1ccccc1NC(=O)C1CC(=O)N(c2ccc(C(C)C)cc2)C1. The molecule has 136 valence electrons. The van der Waals surface area contributed by atoms with Crippen LogP contribution in [0.3, 0.4) is 0 Å². The third-order valence-corrected chi connectivity index (χ3v) is 4.73. The molecule has 1 aliphatic rings. The third-order valence-electron chi connectivity index (χ3n) is 4.73. The Labute approximate surface area is 154 Å². The Hall–Kier alpha value is -2.82. The standard InChI is InChI=1S/C21H24N2O3/c1-14(2)15-8-10-17(11-9-15)23-13-16(12-20(23)24)21(25)22-18-6-4-5-7-19(18)26-3/h4-11,14,16H,12-13H2,1-3H3,(H,22,25). The highest BCUT2D eigenvalue weighted by Gasteiger charge is 2.35. The molecule has 0 aromatic heterocycles. The zero-order valence-electron chi connectivity index (χ0n) is 15.4. The lowest BCUT2D eigenvalue weighted by molar-refractivity contribution is -0.122. The van der Waals surface area contributed by atoms with Crippen molar-refractivity contribution in [2.75, 3.05) is 23.9 Å². The lowest BCUT2D eigenvalue weighted by Crippen LogP contribution is -2.28. The molecule has 0 bridgehead atoms. The van der Waals surface area contributed by atoms with Gasteiger partial charge in [-0.2, -0.15) is 0 Å². The summed E-state index contributed by atoms with van der Waals surface area (Å²) in [6.45, 7) is 4.66. The smallest absolute Gasteiger partial charge is 0.229 e. The van der Waals surface area contributed by atoms with E-state index in [0.717, 1.165) is 5.69 Å². The van der Waals surface area contributed by atoms with Crippen molar-refractivity contribution in [1.82, 2.24) is 0 Å². The van der Waals surface area contributed by atoms with Gasteiger partial charge in [-0.15, -0.1) is 0 Å². The number of nitrogens with one attached hydrogen (secondary N) is 1. The molecule has 1 unspecified atom stereocenters. The minimum atomic E-state index is -0.378. The number of para-hydroxylation sites is 2. The Morgan fingerprint density at radius 2 is 1.85 bits per heavy atom. The third kappa shape index (κ3) is 3.72. The number of amides is 2. The van der Waals surface area contributed by atoms with Crippen LogP contribution < -0.4 is 15.0 Å². The van der Waals surface area contributed by atoms with Crippen molar-refractivity contribution in [3.05, 3.63) is 54.1 Å². The van der Waals surface area contributed by atoms with Crippen molar-refractivity contribution in [3.8, 4) is 5.75 Å². The largest absolute Gasteiger partial charge is 0.495 e. The molecule has 26 heavy (non-hydrogen) atoms. The molecule has 1 atom stereocenters. The number of hydrogen-bond donors (Lipinski definition) is 1. The van der Waals surface area contributed by atoms with Gasteiger partial charge in [0, 0.05) is 18.7 Å². The number of carbonyl (C=O) groups excluding carboxylic acids is 2. The molecule has 0 saturated carbocycles. The number of methoxy groups -OCH3 is 1. The number of ether oxygens (including phenoxy) is 1. The van der Waals surface area contributed by atoms with Crippen molar-refractivity contribution < 1.29 is 14.3 Å². The monoisotopic (exact) mass is 352 g/mol. The minimum Gasteiger partial charge on any atom is -0.495 e. The first kappa shape index (κ1) is 18.0. The quantitative estimate of drug-likeness (QED) is 0.890. The van der Waals surface area contributed by atoms with Crippen molar-refractivity contribution in [3.63, 3.8) is 0 Å². The predicted octanol–water partition coefficient (Wildman–Crippen LogP) is 3.81. The first-order chi connectivity index (χ1) is 12.5. The lowest BCUT2D eigenvalue weighted by atomic mass is 10.0. The molecule has 1 saturated heterocycles. The lowest BCUT2D eigenvalue weighted by Gasteiger charge is -2.18. The highest BCUT2D eigenvalue weighted by atomic mass is 16.5. The van der Waals surface area contributed by atoms with Crippen LogP contribution in [0, 0.1) is 5.92 Å². The maximum atomic E-state index is 12.6. The summed E-state index contributed by atoms with van der Waals surface area (Å²) in [6, 6.07) is 15.2. The van der Waals surface area contributed by atoms with E-state index in [9.17, 15) is 9.59 Å². The second-order valence-electron chi connectivity index (χ2n) is 6.84. The van der Waals surface area contributed by atoms with Crippen LogP contribution in [0.15, 0.2) is 48.5 Å². The van der Waals surface area contributed by atoms with E-state index in [-0.39, 0.29) is 24.2 Å². The Morgan fingerprint density at radius 1 is 1.15 bits per heavy atom. The van der Waals surface area contributed by atoms with E-state index >= 15 is 0 Å². The van der Waals surface area contributed by atoms with Crippen LogP contribution in [-0.4, -0.2) is 25.5 Å². The molecule has 1 aliphatic heterocycles. The summed E-state index contributed by atoms with van der Waals surface area (Å²) in [6.07, 6.45) is 0.215. The molecule has 0 radical (unpaired) electrons. The van der Waals surface area contributed by atoms with Crippen molar-refractivity contribution >= 4 is 23.2 Å². The molecule has 2 amide bonds. The summed E-state index contributed by atoms with van der Waals surface area (Å²) in [5, 5.41) is 2.88. The average Bonchev–Trinajstić information content (AvgIpc) is 3.04. The fourth-order valence-electron chi connectivity index (χ4n) is 3.15. The molecule has 3 rings (SSSR count). The van der Waals surface area contributed by atoms with Crippen molar-refractivity contribution in [2.45, 2.75) is 26.2 Å². The molecule has 1 N–H and O–H groups in total. The van der Waals surface area contributed by atoms with Crippen molar-refractivity contribution in [1.29, 1.82) is 0 Å². The fraction of sp³-hybridized carbons (Fsp3) is 0.333. The molecule has 5 nitrogen and oxygen atoms in total. The highest BCUT2D eigenvalue weighted by Crippen LogP contribution is 2.29. The molecule has 0 aliphatic carbocycles. The van der Waals surface area contributed by atoms with E-state index in [1.165, 1.54) is 5.56 Å². The van der Waals surface area contributed by atoms with Crippen LogP contribution in [0.4, 0.5) is 11.4 Å². The molecule has 1 heterocycles. The number of carbonyl (C=O) groups is 2. The number of rotatable bonds is 5. The molecule has 0 spiro atoms. The van der Waals surface area contributed by atoms with Gasteiger partial charge in [0.15, 0.2) is 0 Å². The Kier molecular flexibility index (Phi) is 5.26. The van der Waals surface area contributed by atoms with Gasteiger partial charge in [-0.05, 0) is 35.7 Å². The Balaban J connectivity index is 1.69. The number of benzene rings is 2. The number of hydrogen-bond acceptors (Lipinski definition) is 3. The van der Waals surface area contributed by atoms with Gasteiger partial charge in [0.1, 0.15) is 5.75 Å². The van der Waals surface area contributed by atoms with Gasteiger partial charge in [-0.1, -0.05) is 38.1 Å². The molecular weight excluding hydrogens is 328 g/mol. The number of anilines is 2. The summed E-state index contributed by atoms with van der Waals surface area (Å²) in [5.74, 6) is 0.479. The van der Waals surface area contributed by atoms with Crippen molar-refractivity contribution in [2.24, 2.45) is 5.92 Å². The van der Waals surface area contributed by atoms with Gasteiger partial charge in [-0.25, -0.2) is 0 Å². The van der Waals surface area contributed by atoms with Gasteiger partial charge in [0.2, 0.25) is 11.8 Å². The van der Waals surface area contributed by atoms with Crippen LogP contribution in [-0.2, 0) is 9.59 Å². The van der Waals surface area contributed by atoms with Crippen LogP contribution in [0.2, 0.25) is 0 Å². The topological polar surface area (TPSA) is 58.6 Å². The van der Waals surface area contributed by atoms with Gasteiger partial charge in [-0.3, -0.25) is 9.59 Å². The van der Waals surface area contributed by atoms with Gasteiger partial charge in [0.25, 0.3) is 0 Å². The summed E-state index contributed by atoms with van der Waals surface area (Å²) in [5.41, 5.74) is 2.69. The van der Waals surface area contributed by atoms with Crippen LogP contribution >= 0.6 is 0 Å². The maximum absolute atomic E-state index is 12.6. The highest BCUT2D eigenvalue weighted by molar-refractivity contribution is 6.03. The molecule has 5 heteroatoms.